The van der Waals surface area contributed by atoms with Crippen molar-refractivity contribution >= 4 is 16.9 Å². The lowest BCUT2D eigenvalue weighted by molar-refractivity contribution is 0.0817. The number of nitrogens with zero attached hydrogens (tertiary/aromatic N) is 2. The van der Waals surface area contributed by atoms with Gasteiger partial charge in [0.2, 0.25) is 0 Å². The molecule has 0 fully saturated rings. The van der Waals surface area contributed by atoms with Crippen molar-refractivity contribution in [1.29, 1.82) is 0 Å². The molecule has 0 amide bonds. The number of aryl methyl sites for hydroxylation is 4. The Balaban J connectivity index is 1.63. The maximum absolute atomic E-state index is 12.7. The van der Waals surface area contributed by atoms with E-state index in [0.717, 1.165) is 27.9 Å². The highest BCUT2D eigenvalue weighted by Gasteiger charge is 2.17. The molecule has 4 aromatic rings. The Morgan fingerprint density at radius 2 is 1.77 bits per heavy atom. The van der Waals surface area contributed by atoms with E-state index in [1.807, 2.05) is 76.2 Å². The van der Waals surface area contributed by atoms with Crippen LogP contribution in [0.4, 0.5) is 0 Å². The van der Waals surface area contributed by atoms with Crippen LogP contribution in [0.3, 0.4) is 0 Å². The highest BCUT2D eigenvalue weighted by molar-refractivity contribution is 5.86. The number of aromatic nitrogens is 2. The van der Waals surface area contributed by atoms with E-state index < -0.39 is 0 Å². The fraction of sp³-hybridized carbons (Fsp3) is 0.240. The van der Waals surface area contributed by atoms with Crippen LogP contribution in [-0.4, -0.2) is 22.3 Å². The number of rotatable bonds is 5. The minimum Gasteiger partial charge on any atom is -0.483 e. The monoisotopic (exact) mass is 416 g/mol. The average Bonchev–Trinajstić information content (AvgIpc) is 3.09. The molecule has 2 aromatic carbocycles. The Hall–Kier alpha value is -3.67. The van der Waals surface area contributed by atoms with E-state index in [2.05, 4.69) is 5.10 Å². The number of carbonyl (C=O) groups excluding carboxylic acids is 1. The van der Waals surface area contributed by atoms with Crippen LogP contribution in [0, 0.1) is 27.7 Å². The number of hydrogen-bond acceptors (Lipinski definition) is 5. The molecule has 6 heteroatoms. The van der Waals surface area contributed by atoms with Gasteiger partial charge >= 0.3 is 5.63 Å². The molecular formula is C25H24N2O4. The number of ether oxygens (including phenoxy) is 1. The second-order valence-corrected chi connectivity index (χ2v) is 7.74. The molecule has 158 valence electrons. The Morgan fingerprint density at radius 3 is 2.45 bits per heavy atom. The van der Waals surface area contributed by atoms with E-state index in [0.29, 0.717) is 28.9 Å². The van der Waals surface area contributed by atoms with Crippen molar-refractivity contribution in [3.8, 4) is 5.75 Å². The van der Waals surface area contributed by atoms with Gasteiger partial charge in [0.25, 0.3) is 5.91 Å². The predicted molar refractivity (Wildman–Crippen MR) is 119 cm³/mol. The number of hydrogen-bond donors (Lipinski definition) is 0. The fourth-order valence-corrected chi connectivity index (χ4v) is 3.81. The summed E-state index contributed by atoms with van der Waals surface area (Å²) in [5.74, 6) is 0.238. The van der Waals surface area contributed by atoms with Gasteiger partial charge in [-0.3, -0.25) is 4.79 Å². The Morgan fingerprint density at radius 1 is 1.03 bits per heavy atom. The van der Waals surface area contributed by atoms with Crippen molar-refractivity contribution in [2.45, 2.75) is 34.1 Å². The Labute approximate surface area is 180 Å². The average molecular weight is 416 g/mol. The summed E-state index contributed by atoms with van der Waals surface area (Å²) in [7, 11) is 0. The largest absolute Gasteiger partial charge is 0.483 e. The first-order valence-corrected chi connectivity index (χ1v) is 10.1. The van der Waals surface area contributed by atoms with Crippen molar-refractivity contribution in [3.63, 3.8) is 0 Å². The van der Waals surface area contributed by atoms with Crippen molar-refractivity contribution in [2.75, 3.05) is 6.61 Å². The molecule has 0 unspecified atom stereocenters. The van der Waals surface area contributed by atoms with Gasteiger partial charge in [-0.1, -0.05) is 30.3 Å². The van der Waals surface area contributed by atoms with E-state index in [1.54, 1.807) is 0 Å². The fourth-order valence-electron chi connectivity index (χ4n) is 3.81. The normalized spacial score (nSPS) is 11.1. The molecular weight excluding hydrogens is 392 g/mol. The van der Waals surface area contributed by atoms with Gasteiger partial charge < -0.3 is 9.15 Å². The van der Waals surface area contributed by atoms with E-state index in [1.165, 1.54) is 4.68 Å². The maximum Gasteiger partial charge on any atom is 0.340 e. The zero-order valence-corrected chi connectivity index (χ0v) is 18.1. The molecule has 0 bridgehead atoms. The van der Waals surface area contributed by atoms with Crippen LogP contribution in [0.25, 0.3) is 11.0 Å². The molecule has 6 nitrogen and oxygen atoms in total. The van der Waals surface area contributed by atoms with Crippen molar-refractivity contribution in [3.05, 3.63) is 92.6 Å². The smallest absolute Gasteiger partial charge is 0.340 e. The topological polar surface area (TPSA) is 74.3 Å². The van der Waals surface area contributed by atoms with Crippen LogP contribution < -0.4 is 10.4 Å². The van der Waals surface area contributed by atoms with E-state index >= 15 is 0 Å². The molecule has 0 saturated heterocycles. The van der Waals surface area contributed by atoms with Crippen LogP contribution in [-0.2, 0) is 6.42 Å². The van der Waals surface area contributed by atoms with Crippen LogP contribution in [0.15, 0.2) is 57.7 Å². The molecule has 0 radical (unpaired) electrons. The number of benzene rings is 2. The van der Waals surface area contributed by atoms with Gasteiger partial charge in [0, 0.05) is 28.6 Å². The quantitative estimate of drug-likeness (QED) is 0.447. The SMILES string of the molecule is Cc1cc(C)n(C(=O)COc2ccc3c(C)c(Cc4ccccc4)c(=O)oc3c2C)n1. The lowest BCUT2D eigenvalue weighted by atomic mass is 9.98. The highest BCUT2D eigenvalue weighted by atomic mass is 16.5. The lowest BCUT2D eigenvalue weighted by Crippen LogP contribution is -2.22. The molecule has 0 saturated carbocycles. The summed E-state index contributed by atoms with van der Waals surface area (Å²) in [6.07, 6.45) is 0.513. The van der Waals surface area contributed by atoms with Gasteiger partial charge in [0.05, 0.1) is 5.69 Å². The van der Waals surface area contributed by atoms with E-state index in [9.17, 15) is 9.59 Å². The number of carbonyl (C=O) groups is 1. The van der Waals surface area contributed by atoms with Gasteiger partial charge in [0.15, 0.2) is 6.61 Å². The molecule has 31 heavy (non-hydrogen) atoms. The summed E-state index contributed by atoms with van der Waals surface area (Å²) >= 11 is 0. The first kappa shape index (κ1) is 20.6. The molecule has 2 aromatic heterocycles. The second kappa shape index (κ2) is 8.22. The van der Waals surface area contributed by atoms with Gasteiger partial charge in [-0.05, 0) is 57.0 Å². The minimum atomic E-state index is -0.354. The summed E-state index contributed by atoms with van der Waals surface area (Å²) in [4.78, 5) is 25.2. The predicted octanol–water partition coefficient (Wildman–Crippen LogP) is 4.53. The molecule has 0 spiro atoms. The van der Waals surface area contributed by atoms with Crippen molar-refractivity contribution in [2.24, 2.45) is 0 Å². The minimum absolute atomic E-state index is 0.163. The molecule has 0 atom stereocenters. The summed E-state index contributed by atoms with van der Waals surface area (Å²) in [6.45, 7) is 7.25. The van der Waals surface area contributed by atoms with Crippen molar-refractivity contribution in [1.82, 2.24) is 9.78 Å². The van der Waals surface area contributed by atoms with Crippen LogP contribution >= 0.6 is 0 Å². The first-order chi connectivity index (χ1) is 14.8. The van der Waals surface area contributed by atoms with Gasteiger partial charge in [0.1, 0.15) is 11.3 Å². The molecule has 4 rings (SSSR count). The van der Waals surface area contributed by atoms with Gasteiger partial charge in [-0.2, -0.15) is 5.10 Å². The van der Waals surface area contributed by atoms with Crippen molar-refractivity contribution < 1.29 is 13.9 Å². The summed E-state index contributed by atoms with van der Waals surface area (Å²) in [5, 5.41) is 5.05. The molecule has 0 aliphatic carbocycles. The summed E-state index contributed by atoms with van der Waals surface area (Å²) in [5.41, 5.74) is 4.94. The van der Waals surface area contributed by atoms with Gasteiger partial charge in [-0.25, -0.2) is 9.48 Å². The molecule has 0 aliphatic heterocycles. The molecule has 2 heterocycles. The van der Waals surface area contributed by atoms with Crippen LogP contribution in [0.2, 0.25) is 0 Å². The number of fused-ring (bicyclic) bond motifs is 1. The standard InChI is InChI=1S/C25H24N2O4/c1-15-12-16(2)27(26-15)23(28)14-30-22-11-10-20-17(3)21(13-19-8-6-5-7-9-19)25(29)31-24(20)18(22)4/h5-12H,13-14H2,1-4H3. The summed E-state index contributed by atoms with van der Waals surface area (Å²) < 4.78 is 12.8. The van der Waals surface area contributed by atoms with E-state index in [4.69, 9.17) is 9.15 Å². The third-order valence-corrected chi connectivity index (χ3v) is 5.47. The first-order valence-electron chi connectivity index (χ1n) is 10.1. The highest BCUT2D eigenvalue weighted by Crippen LogP contribution is 2.30. The van der Waals surface area contributed by atoms with Gasteiger partial charge in [-0.15, -0.1) is 0 Å². The third-order valence-electron chi connectivity index (χ3n) is 5.47. The zero-order chi connectivity index (χ0) is 22.1. The molecule has 0 N–H and O–H groups in total. The lowest BCUT2D eigenvalue weighted by Gasteiger charge is -2.13. The zero-order valence-electron chi connectivity index (χ0n) is 18.1. The van der Waals surface area contributed by atoms with E-state index in [-0.39, 0.29) is 18.1 Å². The maximum atomic E-state index is 12.7. The summed E-state index contributed by atoms with van der Waals surface area (Å²) in [6, 6.07) is 15.4. The molecule has 0 aliphatic rings. The third kappa shape index (κ3) is 4.01. The Kier molecular flexibility index (Phi) is 5.46. The van der Waals surface area contributed by atoms with Crippen LogP contribution in [0.5, 0.6) is 5.75 Å². The second-order valence-electron chi connectivity index (χ2n) is 7.74. The Bertz CT molecular complexity index is 1330. The van der Waals surface area contributed by atoms with Crippen LogP contribution in [0.1, 0.15) is 38.4 Å².